The fourth-order valence-electron chi connectivity index (χ4n) is 1.97. The zero-order valence-electron chi connectivity index (χ0n) is 14.3. The molecule has 0 saturated carbocycles. The number of unbranched alkanes of at least 4 members (excludes halogenated alkanes) is 3. The van der Waals surface area contributed by atoms with E-state index in [0.717, 1.165) is 18.4 Å². The van der Waals surface area contributed by atoms with Gasteiger partial charge in [-0.15, -0.1) is 0 Å². The van der Waals surface area contributed by atoms with Crippen LogP contribution in [0.25, 0.3) is 6.08 Å². The van der Waals surface area contributed by atoms with Gasteiger partial charge in [0.2, 0.25) is 0 Å². The molecule has 122 valence electrons. The highest BCUT2D eigenvalue weighted by Crippen LogP contribution is 2.16. The minimum Gasteiger partial charge on any atom is -0.234 e. The van der Waals surface area contributed by atoms with Crippen LogP contribution < -0.4 is 0 Å². The molecule has 0 radical (unpaired) electrons. The number of benzene rings is 1. The molecule has 1 unspecified atom stereocenters. The van der Waals surface area contributed by atoms with Crippen LogP contribution in [0.2, 0.25) is 0 Å². The minimum atomic E-state index is -1.20. The lowest BCUT2D eigenvalue weighted by Gasteiger charge is -2.13. The molecule has 0 saturated heterocycles. The van der Waals surface area contributed by atoms with E-state index in [1.807, 2.05) is 39.0 Å². The molecule has 0 spiro atoms. The van der Waals surface area contributed by atoms with Crippen LogP contribution in [0.5, 0.6) is 0 Å². The van der Waals surface area contributed by atoms with Crippen molar-refractivity contribution in [1.29, 1.82) is 0 Å². The first-order valence-electron chi connectivity index (χ1n) is 8.15. The third-order valence-corrected chi connectivity index (χ3v) is 4.65. The first-order valence-corrected chi connectivity index (χ1v) is 9.26. The van der Waals surface area contributed by atoms with Gasteiger partial charge in [0.1, 0.15) is 11.0 Å². The van der Waals surface area contributed by atoms with E-state index < -0.39 is 11.0 Å². The summed E-state index contributed by atoms with van der Waals surface area (Å²) in [5, 5.41) is 0. The molecule has 0 aliphatic carbocycles. The summed E-state index contributed by atoms with van der Waals surface area (Å²) in [7, 11) is -1.20. The highest BCUT2D eigenvalue weighted by molar-refractivity contribution is 7.85. The molecule has 0 bridgehead atoms. The Morgan fingerprint density at radius 3 is 2.41 bits per heavy atom. The van der Waals surface area contributed by atoms with E-state index in [1.54, 1.807) is 6.21 Å². The number of hydrogen-bond acceptors (Lipinski definition) is 1. The molecule has 1 aromatic rings. The van der Waals surface area contributed by atoms with Crippen molar-refractivity contribution >= 4 is 23.3 Å². The summed E-state index contributed by atoms with van der Waals surface area (Å²) in [5.74, 6) is 0. The van der Waals surface area contributed by atoms with Crippen molar-refractivity contribution in [3.63, 3.8) is 0 Å². The Morgan fingerprint density at radius 2 is 1.82 bits per heavy atom. The second-order valence-electron chi connectivity index (χ2n) is 6.54. The maximum absolute atomic E-state index is 12.1. The van der Waals surface area contributed by atoms with Crippen LogP contribution in [-0.2, 0) is 11.0 Å². The Labute approximate surface area is 138 Å². The summed E-state index contributed by atoms with van der Waals surface area (Å²) in [6, 6.07) is 10.2. The highest BCUT2D eigenvalue weighted by atomic mass is 32.2. The van der Waals surface area contributed by atoms with E-state index >= 15 is 0 Å². The molecule has 22 heavy (non-hydrogen) atoms. The Balaban J connectivity index is 2.80. The predicted octanol–water partition coefficient (Wildman–Crippen LogP) is 5.57. The van der Waals surface area contributed by atoms with E-state index in [1.165, 1.54) is 24.8 Å². The van der Waals surface area contributed by atoms with Crippen LogP contribution in [0.15, 0.2) is 40.3 Å². The lowest BCUT2D eigenvalue weighted by Crippen LogP contribution is -2.19. The Hall–Kier alpha value is -1.22. The number of allylic oxidation sites excluding steroid dienone is 1. The van der Waals surface area contributed by atoms with Gasteiger partial charge in [0, 0.05) is 6.21 Å². The predicted molar refractivity (Wildman–Crippen MR) is 99.6 cm³/mol. The van der Waals surface area contributed by atoms with E-state index in [2.05, 4.69) is 29.5 Å². The van der Waals surface area contributed by atoms with Gasteiger partial charge in [0.15, 0.2) is 0 Å². The van der Waals surface area contributed by atoms with Crippen LogP contribution in [0.3, 0.4) is 0 Å². The van der Waals surface area contributed by atoms with Crippen LogP contribution in [0.4, 0.5) is 0 Å². The van der Waals surface area contributed by atoms with Crippen LogP contribution >= 0.6 is 0 Å². The van der Waals surface area contributed by atoms with E-state index in [4.69, 9.17) is 0 Å². The second kappa shape index (κ2) is 9.73. The highest BCUT2D eigenvalue weighted by Gasteiger charge is 2.18. The molecular weight excluding hydrogens is 290 g/mol. The van der Waals surface area contributed by atoms with Gasteiger partial charge in [-0.25, -0.2) is 4.21 Å². The zero-order chi connectivity index (χ0) is 16.4. The van der Waals surface area contributed by atoms with Gasteiger partial charge in [0.25, 0.3) is 0 Å². The van der Waals surface area contributed by atoms with E-state index in [-0.39, 0.29) is 4.75 Å². The lowest BCUT2D eigenvalue weighted by atomic mass is 10.0. The molecule has 0 aromatic heterocycles. The third kappa shape index (κ3) is 7.69. The van der Waals surface area contributed by atoms with Crippen molar-refractivity contribution < 1.29 is 4.21 Å². The van der Waals surface area contributed by atoms with Crippen molar-refractivity contribution in [2.24, 2.45) is 4.40 Å². The first-order chi connectivity index (χ1) is 10.4. The molecule has 1 atom stereocenters. The van der Waals surface area contributed by atoms with E-state index in [9.17, 15) is 4.21 Å². The SMILES string of the molecule is CCCCCCC(=C/c1ccccc1)/C=N/S(=O)C(C)(C)C. The summed E-state index contributed by atoms with van der Waals surface area (Å²) in [6.45, 7) is 8.06. The number of nitrogens with zero attached hydrogens (tertiary/aromatic N) is 1. The second-order valence-corrected chi connectivity index (χ2v) is 8.47. The average molecular weight is 320 g/mol. The topological polar surface area (TPSA) is 29.4 Å². The van der Waals surface area contributed by atoms with Crippen LogP contribution in [0.1, 0.15) is 65.4 Å². The fourth-order valence-corrected chi connectivity index (χ4v) is 2.51. The molecule has 3 heteroatoms. The monoisotopic (exact) mass is 319 g/mol. The molecule has 1 rings (SSSR count). The minimum absolute atomic E-state index is 0.309. The maximum atomic E-state index is 12.1. The Kier molecular flexibility index (Phi) is 8.32. The molecular formula is C19H29NOS. The lowest BCUT2D eigenvalue weighted by molar-refractivity contribution is 0.650. The fraction of sp³-hybridized carbons (Fsp3) is 0.526. The first kappa shape index (κ1) is 18.8. The van der Waals surface area contributed by atoms with E-state index in [0.29, 0.717) is 0 Å². The summed E-state index contributed by atoms with van der Waals surface area (Å²) in [6.07, 6.45) is 9.83. The van der Waals surface area contributed by atoms with Gasteiger partial charge in [-0.05, 0) is 44.7 Å². The smallest absolute Gasteiger partial charge is 0.144 e. The van der Waals surface area contributed by atoms with Gasteiger partial charge in [-0.1, -0.05) is 62.6 Å². The molecule has 0 amide bonds. The summed E-state index contributed by atoms with van der Waals surface area (Å²) >= 11 is 0. The normalized spacial score (nSPS) is 14.5. The molecule has 0 aliphatic rings. The van der Waals surface area contributed by atoms with Gasteiger partial charge in [-0.2, -0.15) is 4.40 Å². The average Bonchev–Trinajstić information content (AvgIpc) is 2.48. The van der Waals surface area contributed by atoms with Crippen molar-refractivity contribution in [3.05, 3.63) is 41.5 Å². The molecule has 2 nitrogen and oxygen atoms in total. The van der Waals surface area contributed by atoms with Gasteiger partial charge >= 0.3 is 0 Å². The molecule has 0 aliphatic heterocycles. The summed E-state index contributed by atoms with van der Waals surface area (Å²) in [5.41, 5.74) is 2.32. The third-order valence-electron chi connectivity index (χ3n) is 3.31. The molecule has 0 N–H and O–H groups in total. The summed E-state index contributed by atoms with van der Waals surface area (Å²) < 4.78 is 16.0. The summed E-state index contributed by atoms with van der Waals surface area (Å²) in [4.78, 5) is 0. The molecule has 1 aromatic carbocycles. The Bertz CT molecular complexity index is 512. The van der Waals surface area contributed by atoms with Crippen molar-refractivity contribution in [1.82, 2.24) is 0 Å². The van der Waals surface area contributed by atoms with Gasteiger partial charge < -0.3 is 0 Å². The maximum Gasteiger partial charge on any atom is 0.144 e. The van der Waals surface area contributed by atoms with Crippen LogP contribution in [0, 0.1) is 0 Å². The Morgan fingerprint density at radius 1 is 1.14 bits per heavy atom. The molecule has 0 heterocycles. The number of hydrogen-bond donors (Lipinski definition) is 0. The van der Waals surface area contributed by atoms with Gasteiger partial charge in [0.05, 0.1) is 4.75 Å². The molecule has 0 fully saturated rings. The van der Waals surface area contributed by atoms with Crippen molar-refractivity contribution in [2.45, 2.75) is 64.5 Å². The standard InChI is InChI=1S/C19H29NOS/c1-5-6-7-9-14-18(15-17-12-10-8-11-13-17)16-20-22(21)19(2,3)4/h8,10-13,15-16H,5-7,9,14H2,1-4H3/b18-15-,20-16+. The van der Waals surface area contributed by atoms with Gasteiger partial charge in [-0.3, -0.25) is 0 Å². The largest absolute Gasteiger partial charge is 0.234 e. The quantitative estimate of drug-likeness (QED) is 0.455. The van der Waals surface area contributed by atoms with Crippen molar-refractivity contribution in [2.75, 3.05) is 0 Å². The van der Waals surface area contributed by atoms with Crippen LogP contribution in [-0.4, -0.2) is 15.2 Å². The zero-order valence-corrected chi connectivity index (χ0v) is 15.2. The van der Waals surface area contributed by atoms with Crippen molar-refractivity contribution in [3.8, 4) is 0 Å². The number of rotatable bonds is 8.